The molecule has 11 heteroatoms. The maximum Gasteiger partial charge on any atom is 0.324 e. The molecule has 1 aliphatic carbocycles. The maximum absolute atomic E-state index is 13.3. The summed E-state index contributed by atoms with van der Waals surface area (Å²) in [5, 5.41) is 15.0. The molecule has 0 fully saturated rings. The van der Waals surface area contributed by atoms with Crippen molar-refractivity contribution in [3.8, 4) is 5.75 Å². The summed E-state index contributed by atoms with van der Waals surface area (Å²) in [5.74, 6) is 1.49. The minimum atomic E-state index is -0.361. The second-order valence-corrected chi connectivity index (χ2v) is 12.7. The van der Waals surface area contributed by atoms with Gasteiger partial charge in [0.2, 0.25) is 0 Å². The molecule has 3 amide bonds. The van der Waals surface area contributed by atoms with Gasteiger partial charge >= 0.3 is 6.03 Å². The van der Waals surface area contributed by atoms with Crippen molar-refractivity contribution in [1.29, 1.82) is 0 Å². The summed E-state index contributed by atoms with van der Waals surface area (Å²) in [7, 11) is 1.58. The third-order valence-corrected chi connectivity index (χ3v) is 8.02. The lowest BCUT2D eigenvalue weighted by Crippen LogP contribution is -2.24. The number of methoxy groups -OCH3 is 1. The Labute approximate surface area is 281 Å². The highest BCUT2D eigenvalue weighted by molar-refractivity contribution is 6.07. The van der Waals surface area contributed by atoms with Crippen molar-refractivity contribution >= 4 is 40.0 Å². The van der Waals surface area contributed by atoms with Crippen LogP contribution in [0, 0.1) is 5.41 Å². The topological polar surface area (TPSA) is 129 Å². The van der Waals surface area contributed by atoms with Crippen LogP contribution in [0.2, 0.25) is 0 Å². The molecule has 0 saturated heterocycles. The number of anilines is 3. The number of benzene rings is 2. The first-order valence-corrected chi connectivity index (χ1v) is 16.1. The number of allylic oxidation sites excluding steroid dienone is 4. The van der Waals surface area contributed by atoms with Crippen LogP contribution in [0.5, 0.6) is 5.75 Å². The van der Waals surface area contributed by atoms with Crippen molar-refractivity contribution in [2.24, 2.45) is 5.41 Å². The number of ether oxygens (including phenoxy) is 3. The number of amides is 3. The van der Waals surface area contributed by atoms with Crippen molar-refractivity contribution in [3.63, 3.8) is 0 Å². The van der Waals surface area contributed by atoms with Gasteiger partial charge in [-0.2, -0.15) is 5.10 Å². The maximum atomic E-state index is 13.3. The van der Waals surface area contributed by atoms with Crippen molar-refractivity contribution in [2.45, 2.75) is 46.6 Å². The van der Waals surface area contributed by atoms with E-state index in [0.29, 0.717) is 49.3 Å². The quantitative estimate of drug-likeness (QED) is 0.131. The van der Waals surface area contributed by atoms with Gasteiger partial charge in [0.1, 0.15) is 24.0 Å². The fraction of sp³-hybridized carbons (Fsp3) is 0.351. The van der Waals surface area contributed by atoms with Crippen molar-refractivity contribution in [3.05, 3.63) is 95.9 Å². The average Bonchev–Trinajstić information content (AvgIpc) is 3.52. The third-order valence-electron chi connectivity index (χ3n) is 8.02. The van der Waals surface area contributed by atoms with Crippen molar-refractivity contribution < 1.29 is 23.8 Å². The lowest BCUT2D eigenvalue weighted by Gasteiger charge is -2.30. The summed E-state index contributed by atoms with van der Waals surface area (Å²) in [4.78, 5) is 29.6. The molecule has 5 rings (SSSR count). The van der Waals surface area contributed by atoms with Crippen LogP contribution in [0.3, 0.4) is 0 Å². The summed E-state index contributed by atoms with van der Waals surface area (Å²) in [6.07, 6.45) is 9.26. The summed E-state index contributed by atoms with van der Waals surface area (Å²) >= 11 is 0. The van der Waals surface area contributed by atoms with Crippen molar-refractivity contribution in [2.75, 3.05) is 49.5 Å². The Bertz CT molecular complexity index is 1810. The van der Waals surface area contributed by atoms with Gasteiger partial charge < -0.3 is 24.8 Å². The van der Waals surface area contributed by atoms with Crippen LogP contribution in [0.25, 0.3) is 10.8 Å². The number of fused-ring (bicyclic) bond motifs is 1. The summed E-state index contributed by atoms with van der Waals surface area (Å²) in [6.45, 7) is 9.86. The van der Waals surface area contributed by atoms with Gasteiger partial charge in [0.15, 0.2) is 0 Å². The number of hydrogen-bond acceptors (Lipinski definition) is 7. The Balaban J connectivity index is 1.20. The number of hydrogen-bond donors (Lipinski definition) is 3. The van der Waals surface area contributed by atoms with Crippen LogP contribution < -0.4 is 20.7 Å². The molecular weight excluding hydrogens is 608 g/mol. The largest absolute Gasteiger partial charge is 0.493 e. The van der Waals surface area contributed by atoms with Gasteiger partial charge in [-0.15, -0.1) is 0 Å². The normalized spacial score (nSPS) is 14.6. The molecular formula is C37H44N6O5. The smallest absolute Gasteiger partial charge is 0.324 e. The third kappa shape index (κ3) is 8.87. The van der Waals surface area contributed by atoms with E-state index in [-0.39, 0.29) is 30.0 Å². The number of urea groups is 1. The monoisotopic (exact) mass is 652 g/mol. The molecule has 0 radical (unpaired) electrons. The van der Waals surface area contributed by atoms with E-state index in [4.69, 9.17) is 14.2 Å². The molecule has 1 atom stereocenters. The number of carbonyl (C=O) groups excluding carboxylic acids is 2. The number of carbonyl (C=O) groups is 2. The predicted octanol–water partition coefficient (Wildman–Crippen LogP) is 7.16. The lowest BCUT2D eigenvalue weighted by atomic mass is 9.78. The van der Waals surface area contributed by atoms with Gasteiger partial charge in [-0.3, -0.25) is 10.1 Å². The summed E-state index contributed by atoms with van der Waals surface area (Å²) in [6, 6.07) is 16.6. The van der Waals surface area contributed by atoms with E-state index in [1.165, 1.54) is 11.1 Å². The molecule has 4 aromatic rings. The van der Waals surface area contributed by atoms with Crippen LogP contribution in [0.1, 0.15) is 45.7 Å². The highest BCUT2D eigenvalue weighted by Crippen LogP contribution is 2.38. The molecule has 2 aromatic heterocycles. The average molecular weight is 653 g/mol. The second-order valence-electron chi connectivity index (χ2n) is 12.7. The molecule has 0 saturated carbocycles. The molecule has 2 heterocycles. The van der Waals surface area contributed by atoms with Gasteiger partial charge in [-0.1, -0.05) is 62.8 Å². The van der Waals surface area contributed by atoms with Crippen LogP contribution in [0.4, 0.5) is 22.1 Å². The number of nitrogens with one attached hydrogen (secondary N) is 3. The Morgan fingerprint density at radius 1 is 0.958 bits per heavy atom. The number of pyridine rings is 1. The fourth-order valence-electron chi connectivity index (χ4n) is 5.73. The fourth-order valence-corrected chi connectivity index (χ4v) is 5.73. The van der Waals surface area contributed by atoms with E-state index in [1.807, 2.05) is 59.3 Å². The molecule has 0 aliphatic heterocycles. The summed E-state index contributed by atoms with van der Waals surface area (Å²) < 4.78 is 18.2. The molecule has 2 aromatic carbocycles. The van der Waals surface area contributed by atoms with Crippen LogP contribution >= 0.6 is 0 Å². The van der Waals surface area contributed by atoms with Gasteiger partial charge in [-0.25, -0.2) is 14.5 Å². The van der Waals surface area contributed by atoms with Gasteiger partial charge in [0, 0.05) is 36.6 Å². The first-order chi connectivity index (χ1) is 23.1. The number of rotatable bonds is 13. The van der Waals surface area contributed by atoms with E-state index < -0.39 is 0 Å². The van der Waals surface area contributed by atoms with E-state index in [9.17, 15) is 9.59 Å². The molecule has 252 valence electrons. The van der Waals surface area contributed by atoms with E-state index in [2.05, 4.69) is 65.9 Å². The second kappa shape index (κ2) is 15.7. The van der Waals surface area contributed by atoms with Gasteiger partial charge in [-0.05, 0) is 54.2 Å². The minimum absolute atomic E-state index is 0.00816. The first kappa shape index (κ1) is 34.3. The molecule has 1 unspecified atom stereocenters. The van der Waals surface area contributed by atoms with Gasteiger partial charge in [0.05, 0.1) is 37.7 Å². The Morgan fingerprint density at radius 3 is 2.56 bits per heavy atom. The predicted molar refractivity (Wildman–Crippen MR) is 189 cm³/mol. The molecule has 3 N–H and O–H groups in total. The Kier molecular flexibility index (Phi) is 11.3. The summed E-state index contributed by atoms with van der Waals surface area (Å²) in [5.41, 5.74) is 4.20. The van der Waals surface area contributed by atoms with Crippen LogP contribution in [-0.2, 0) is 20.7 Å². The zero-order valence-corrected chi connectivity index (χ0v) is 28.2. The van der Waals surface area contributed by atoms with Crippen LogP contribution in [0.15, 0.2) is 90.3 Å². The molecule has 48 heavy (non-hydrogen) atoms. The van der Waals surface area contributed by atoms with E-state index >= 15 is 0 Å². The van der Waals surface area contributed by atoms with E-state index in [1.54, 1.807) is 19.5 Å². The highest BCUT2D eigenvalue weighted by atomic mass is 16.5. The number of nitrogens with zero attached hydrogens (tertiary/aromatic N) is 3. The standard InChI is InChI=1S/C37H44N6O5/c1-25-10-11-27(23-30(25)37(2,3)4)43-34(15-18-39-43)42-36(45)40-31-12-13-32(29-9-7-6-8-28(29)31)48-19-16-26-14-17-38-33(22-26)41-35(44)24-47-21-20-46-5/h6-10,12-15,17-18,22-23,27H,11,16,19-21,24H2,1-5H3,(H,38,41,44)(H2,40,42,45). The zero-order valence-electron chi connectivity index (χ0n) is 28.2. The Hall–Kier alpha value is -5.00. The zero-order chi connectivity index (χ0) is 34.1. The highest BCUT2D eigenvalue weighted by Gasteiger charge is 2.25. The van der Waals surface area contributed by atoms with Crippen molar-refractivity contribution in [1.82, 2.24) is 14.8 Å². The van der Waals surface area contributed by atoms with Crippen LogP contribution in [-0.4, -0.2) is 60.2 Å². The number of aromatic nitrogens is 3. The molecule has 0 bridgehead atoms. The molecule has 1 aliphatic rings. The molecule has 0 spiro atoms. The first-order valence-electron chi connectivity index (χ1n) is 16.1. The molecule has 11 nitrogen and oxygen atoms in total. The SMILES string of the molecule is COCCOCC(=O)Nc1cc(CCOc2ccc(NC(=O)Nc3ccnn3C3C=C(C(C)(C)C)C(C)=CC3)c3ccccc23)ccn1. The Morgan fingerprint density at radius 2 is 1.77 bits per heavy atom. The lowest BCUT2D eigenvalue weighted by molar-refractivity contribution is -0.121. The minimum Gasteiger partial charge on any atom is -0.493 e. The van der Waals surface area contributed by atoms with E-state index in [0.717, 1.165) is 22.8 Å². The van der Waals surface area contributed by atoms with Gasteiger partial charge in [0.25, 0.3) is 5.91 Å².